The summed E-state index contributed by atoms with van der Waals surface area (Å²) >= 11 is 1.87. The van der Waals surface area contributed by atoms with Crippen LogP contribution in [0.5, 0.6) is 0 Å². The molecule has 0 fully saturated rings. The first-order valence-corrected chi connectivity index (χ1v) is 21.9. The fourth-order valence-electron chi connectivity index (χ4n) is 10.2. The average molecular weight is 812 g/mol. The zero-order chi connectivity index (χ0) is 41.1. The maximum Gasteiger partial charge on any atom is 0.238 e. The van der Waals surface area contributed by atoms with Crippen molar-refractivity contribution in [2.24, 2.45) is 0 Å². The molecule has 13 rings (SSSR count). The van der Waals surface area contributed by atoms with E-state index in [0.717, 1.165) is 44.1 Å². The molecule has 0 bridgehead atoms. The fraction of sp³-hybridized carbons (Fsp3) is 0.0536. The minimum absolute atomic E-state index is 0.221. The second kappa shape index (κ2) is 13.2. The highest BCUT2D eigenvalue weighted by molar-refractivity contribution is 7.26. The Bertz CT molecular complexity index is 3710. The molecule has 1 aliphatic carbocycles. The number of aromatic nitrogens is 5. The molecule has 0 saturated carbocycles. The van der Waals surface area contributed by atoms with Gasteiger partial charge in [-0.05, 0) is 64.7 Å². The van der Waals surface area contributed by atoms with Gasteiger partial charge in [0, 0.05) is 64.1 Å². The maximum absolute atomic E-state index is 5.32. The van der Waals surface area contributed by atoms with Crippen LogP contribution < -0.4 is 0 Å². The molecule has 0 radical (unpaired) electrons. The zero-order valence-corrected chi connectivity index (χ0v) is 34.9. The Labute approximate surface area is 361 Å². The molecule has 0 aliphatic heterocycles. The third-order valence-corrected chi connectivity index (χ3v) is 14.2. The highest BCUT2D eigenvalue weighted by Crippen LogP contribution is 2.54. The van der Waals surface area contributed by atoms with Crippen molar-refractivity contribution in [1.82, 2.24) is 24.1 Å². The van der Waals surface area contributed by atoms with Gasteiger partial charge in [-0.2, -0.15) is 9.97 Å². The van der Waals surface area contributed by atoms with Crippen LogP contribution in [0.1, 0.15) is 25.0 Å². The van der Waals surface area contributed by atoms with Crippen LogP contribution in [0.25, 0.3) is 110 Å². The van der Waals surface area contributed by atoms with E-state index in [1.165, 1.54) is 59.1 Å². The van der Waals surface area contributed by atoms with E-state index in [0.29, 0.717) is 17.6 Å². The summed E-state index contributed by atoms with van der Waals surface area (Å²) in [5.74, 6) is 1.83. The molecule has 1 aliphatic rings. The fourth-order valence-corrected chi connectivity index (χ4v) is 11.4. The number of benzene rings is 8. The summed E-state index contributed by atoms with van der Waals surface area (Å²) in [7, 11) is 0. The second-order valence-corrected chi connectivity index (χ2v) is 17.9. The Morgan fingerprint density at radius 2 is 1.05 bits per heavy atom. The van der Waals surface area contributed by atoms with Crippen molar-refractivity contribution in [1.29, 1.82) is 0 Å². The highest BCUT2D eigenvalue weighted by Gasteiger charge is 2.41. The lowest BCUT2D eigenvalue weighted by molar-refractivity contribution is 0.666. The van der Waals surface area contributed by atoms with Crippen molar-refractivity contribution in [2.45, 2.75) is 19.3 Å². The Kier molecular flexibility index (Phi) is 7.46. The molecule has 4 aromatic heterocycles. The van der Waals surface area contributed by atoms with Crippen LogP contribution in [-0.2, 0) is 5.41 Å². The number of hydrogen-bond acceptors (Lipinski definition) is 4. The number of para-hydroxylation sites is 1. The predicted molar refractivity (Wildman–Crippen MR) is 258 cm³/mol. The molecule has 0 spiro atoms. The van der Waals surface area contributed by atoms with Crippen LogP contribution in [0.3, 0.4) is 0 Å². The molecule has 0 saturated heterocycles. The number of rotatable bonds is 5. The topological polar surface area (TPSA) is 48.5 Å². The molecule has 62 heavy (non-hydrogen) atoms. The van der Waals surface area contributed by atoms with Gasteiger partial charge in [-0.15, -0.1) is 11.3 Å². The Morgan fingerprint density at radius 1 is 0.435 bits per heavy atom. The lowest BCUT2D eigenvalue weighted by atomic mass is 9.81. The molecule has 0 atom stereocenters. The minimum atomic E-state index is -0.221. The van der Waals surface area contributed by atoms with Crippen LogP contribution in [0.15, 0.2) is 188 Å². The standard InChI is InChI=1S/C56H37N5S/c1-56(2)45-27-14-12-24-41(45)51-50(56)44-32-43-42-31-36(38-25-16-26-40-39-23-13-15-28-49(39)62-52(38)40)29-30-46(42)61(47(43)33-48(44)60(51)37-21-10-5-11-22-37)55-58-53(34-17-6-3-7-18-34)57-54(59-55)35-19-8-4-9-20-35/h3-33H,1-2H3. The largest absolute Gasteiger partial charge is 0.309 e. The summed E-state index contributed by atoms with van der Waals surface area (Å²) in [6.45, 7) is 4.76. The van der Waals surface area contributed by atoms with Crippen LogP contribution in [0.2, 0.25) is 0 Å². The summed E-state index contributed by atoms with van der Waals surface area (Å²) < 4.78 is 7.34. The number of thiophene rings is 1. The van der Waals surface area contributed by atoms with E-state index in [1.807, 2.05) is 47.7 Å². The quantitative estimate of drug-likeness (QED) is 0.174. The molecule has 4 heterocycles. The molecule has 0 amide bonds. The van der Waals surface area contributed by atoms with E-state index in [-0.39, 0.29) is 5.41 Å². The summed E-state index contributed by atoms with van der Waals surface area (Å²) in [6.07, 6.45) is 0. The third-order valence-electron chi connectivity index (χ3n) is 13.0. The van der Waals surface area contributed by atoms with Gasteiger partial charge in [0.2, 0.25) is 5.95 Å². The van der Waals surface area contributed by atoms with Gasteiger partial charge in [-0.25, -0.2) is 4.98 Å². The maximum atomic E-state index is 5.32. The van der Waals surface area contributed by atoms with Gasteiger partial charge in [-0.1, -0.05) is 159 Å². The Balaban J connectivity index is 1.17. The first-order valence-electron chi connectivity index (χ1n) is 21.1. The SMILES string of the molecule is CC1(C)c2ccccc2-c2c1c1cc3c4cc(-c5cccc6c5sc5ccccc56)ccc4n(-c4nc(-c5ccccc5)nc(-c5ccccc5)n4)c3cc1n2-c1ccccc1. The van der Waals surface area contributed by atoms with Crippen molar-refractivity contribution in [3.05, 3.63) is 199 Å². The van der Waals surface area contributed by atoms with Gasteiger partial charge in [0.1, 0.15) is 0 Å². The minimum Gasteiger partial charge on any atom is -0.309 e. The smallest absolute Gasteiger partial charge is 0.238 e. The predicted octanol–water partition coefficient (Wildman–Crippen LogP) is 14.6. The van der Waals surface area contributed by atoms with Gasteiger partial charge in [-0.3, -0.25) is 4.57 Å². The van der Waals surface area contributed by atoms with Crippen LogP contribution in [-0.4, -0.2) is 24.1 Å². The van der Waals surface area contributed by atoms with Crippen molar-refractivity contribution >= 4 is 64.2 Å². The van der Waals surface area contributed by atoms with Gasteiger partial charge in [0.15, 0.2) is 11.6 Å². The first kappa shape index (κ1) is 35.1. The Morgan fingerprint density at radius 3 is 1.81 bits per heavy atom. The normalized spacial score (nSPS) is 13.1. The lowest BCUT2D eigenvalue weighted by Crippen LogP contribution is -2.14. The van der Waals surface area contributed by atoms with Gasteiger partial charge in [0.25, 0.3) is 0 Å². The molecule has 292 valence electrons. The molecule has 6 heteroatoms. The van der Waals surface area contributed by atoms with Crippen LogP contribution in [0.4, 0.5) is 0 Å². The second-order valence-electron chi connectivity index (χ2n) is 16.8. The number of nitrogens with zero attached hydrogens (tertiary/aromatic N) is 5. The number of fused-ring (bicyclic) bond motifs is 11. The van der Waals surface area contributed by atoms with Gasteiger partial charge in [0.05, 0.1) is 22.2 Å². The molecule has 12 aromatic rings. The van der Waals surface area contributed by atoms with E-state index in [1.54, 1.807) is 0 Å². The van der Waals surface area contributed by atoms with E-state index in [9.17, 15) is 0 Å². The summed E-state index contributed by atoms with van der Waals surface area (Å²) in [5.41, 5.74) is 13.7. The van der Waals surface area contributed by atoms with E-state index < -0.39 is 0 Å². The summed E-state index contributed by atoms with van der Waals surface area (Å²) in [5, 5.41) is 6.14. The first-order chi connectivity index (χ1) is 30.5. The van der Waals surface area contributed by atoms with Gasteiger partial charge < -0.3 is 4.57 Å². The van der Waals surface area contributed by atoms with Crippen molar-refractivity contribution in [3.63, 3.8) is 0 Å². The van der Waals surface area contributed by atoms with E-state index >= 15 is 0 Å². The van der Waals surface area contributed by atoms with Crippen molar-refractivity contribution in [3.8, 4) is 56.8 Å². The van der Waals surface area contributed by atoms with E-state index in [4.69, 9.17) is 15.0 Å². The monoisotopic (exact) mass is 811 g/mol. The van der Waals surface area contributed by atoms with Crippen molar-refractivity contribution < 1.29 is 0 Å². The molecule has 8 aromatic carbocycles. The average Bonchev–Trinajstić information content (AvgIpc) is 4.04. The number of hydrogen-bond donors (Lipinski definition) is 0. The van der Waals surface area contributed by atoms with Gasteiger partial charge >= 0.3 is 0 Å². The summed E-state index contributed by atoms with van der Waals surface area (Å²) in [6, 6.07) is 67.4. The van der Waals surface area contributed by atoms with Crippen molar-refractivity contribution in [2.75, 3.05) is 0 Å². The van der Waals surface area contributed by atoms with Crippen LogP contribution in [0, 0.1) is 0 Å². The zero-order valence-electron chi connectivity index (χ0n) is 34.0. The molecular weight excluding hydrogens is 775 g/mol. The third kappa shape index (κ3) is 5.04. The van der Waals surface area contributed by atoms with E-state index in [2.05, 4.69) is 175 Å². The molecule has 0 unspecified atom stereocenters. The summed E-state index contributed by atoms with van der Waals surface area (Å²) in [4.78, 5) is 15.7. The molecule has 5 nitrogen and oxygen atoms in total. The van der Waals surface area contributed by atoms with Crippen LogP contribution >= 0.6 is 11.3 Å². The Hall–Kier alpha value is -7.67. The lowest BCUT2D eigenvalue weighted by Gasteiger charge is -2.21. The molecule has 0 N–H and O–H groups in total. The molecular formula is C56H37N5S. The highest BCUT2D eigenvalue weighted by atomic mass is 32.1.